The summed E-state index contributed by atoms with van der Waals surface area (Å²) in [5.74, 6) is 0. The van der Waals surface area contributed by atoms with E-state index in [9.17, 15) is 0 Å². The van der Waals surface area contributed by atoms with Crippen LogP contribution in [0.1, 0.15) is 5.56 Å². The predicted octanol–water partition coefficient (Wildman–Crippen LogP) is 4.39. The van der Waals surface area contributed by atoms with E-state index in [0.717, 1.165) is 23.1 Å². The molecule has 0 aliphatic rings. The van der Waals surface area contributed by atoms with Crippen molar-refractivity contribution in [3.8, 4) is 0 Å². The largest absolute Gasteiger partial charge is 0.379 e. The van der Waals surface area contributed by atoms with E-state index in [-0.39, 0.29) is 0 Å². The summed E-state index contributed by atoms with van der Waals surface area (Å²) in [6.07, 6.45) is 1.85. The van der Waals surface area contributed by atoms with Gasteiger partial charge in [-0.15, -0.1) is 11.3 Å². The van der Waals surface area contributed by atoms with Gasteiger partial charge in [-0.2, -0.15) is 5.10 Å². The molecular weight excluding hydrogens is 266 g/mol. The molecule has 3 nitrogen and oxygen atoms in total. The second-order valence-electron chi connectivity index (χ2n) is 4.75. The van der Waals surface area contributed by atoms with Gasteiger partial charge in [0.05, 0.1) is 17.4 Å². The van der Waals surface area contributed by atoms with Gasteiger partial charge in [0.1, 0.15) is 0 Å². The fraction of sp³-hybridized carbons (Fsp3) is 0.0625. The molecule has 0 amide bonds. The maximum Gasteiger partial charge on any atom is 0.0881 e. The van der Waals surface area contributed by atoms with Gasteiger partial charge in [-0.3, -0.25) is 5.10 Å². The zero-order valence-corrected chi connectivity index (χ0v) is 11.6. The number of aromatic amines is 1. The molecule has 4 aromatic rings. The zero-order chi connectivity index (χ0) is 13.4. The average molecular weight is 279 g/mol. The van der Waals surface area contributed by atoms with Gasteiger partial charge in [0.2, 0.25) is 0 Å². The number of benzene rings is 2. The molecule has 0 fully saturated rings. The maximum atomic E-state index is 4.09. The van der Waals surface area contributed by atoms with E-state index in [1.54, 1.807) is 11.3 Å². The van der Waals surface area contributed by atoms with Crippen molar-refractivity contribution in [1.82, 2.24) is 10.2 Å². The van der Waals surface area contributed by atoms with Crippen LogP contribution in [0.25, 0.3) is 21.0 Å². The minimum atomic E-state index is 0.822. The molecular formula is C16H13N3S. The summed E-state index contributed by atoms with van der Waals surface area (Å²) in [7, 11) is 0. The Kier molecular flexibility index (Phi) is 2.67. The third kappa shape index (κ3) is 1.85. The Morgan fingerprint density at radius 1 is 1.10 bits per heavy atom. The fourth-order valence-electron chi connectivity index (χ4n) is 2.48. The highest BCUT2D eigenvalue weighted by atomic mass is 32.1. The molecule has 0 bridgehead atoms. The van der Waals surface area contributed by atoms with Crippen LogP contribution in [-0.4, -0.2) is 10.2 Å². The number of hydrogen-bond acceptors (Lipinski definition) is 3. The molecule has 0 aliphatic heterocycles. The number of para-hydroxylation sites is 1. The lowest BCUT2D eigenvalue weighted by Crippen LogP contribution is -1.99. The van der Waals surface area contributed by atoms with Crippen LogP contribution in [-0.2, 0) is 6.54 Å². The van der Waals surface area contributed by atoms with Gasteiger partial charge in [0.25, 0.3) is 0 Å². The monoisotopic (exact) mass is 279 g/mol. The minimum Gasteiger partial charge on any atom is -0.379 e. The van der Waals surface area contributed by atoms with Crippen molar-refractivity contribution in [2.24, 2.45) is 0 Å². The molecule has 0 unspecified atom stereocenters. The average Bonchev–Trinajstić information content (AvgIpc) is 3.12. The molecule has 2 aromatic heterocycles. The van der Waals surface area contributed by atoms with Crippen LogP contribution in [0.4, 0.5) is 5.69 Å². The van der Waals surface area contributed by atoms with Crippen LogP contribution in [0.5, 0.6) is 0 Å². The number of rotatable bonds is 3. The van der Waals surface area contributed by atoms with Crippen molar-refractivity contribution in [3.63, 3.8) is 0 Å². The Morgan fingerprint density at radius 2 is 2.05 bits per heavy atom. The molecule has 0 saturated carbocycles. The van der Waals surface area contributed by atoms with E-state index in [4.69, 9.17) is 0 Å². The Bertz CT molecular complexity index is 875. The molecule has 2 N–H and O–H groups in total. The number of hydrogen-bond donors (Lipinski definition) is 2. The third-order valence-corrected chi connectivity index (χ3v) is 4.52. The quantitative estimate of drug-likeness (QED) is 0.584. The Hall–Kier alpha value is -2.33. The first-order valence-electron chi connectivity index (χ1n) is 6.53. The number of nitrogens with zero attached hydrogens (tertiary/aromatic N) is 1. The first-order chi connectivity index (χ1) is 9.92. The topological polar surface area (TPSA) is 40.7 Å². The van der Waals surface area contributed by atoms with Crippen LogP contribution < -0.4 is 5.32 Å². The molecule has 2 heterocycles. The van der Waals surface area contributed by atoms with E-state index in [1.807, 2.05) is 12.3 Å². The first kappa shape index (κ1) is 11.5. The van der Waals surface area contributed by atoms with Crippen molar-refractivity contribution in [2.45, 2.75) is 6.54 Å². The summed E-state index contributed by atoms with van der Waals surface area (Å²) in [4.78, 5) is 0. The number of nitrogens with one attached hydrogen (secondary N) is 2. The van der Waals surface area contributed by atoms with E-state index in [1.165, 1.54) is 15.6 Å². The van der Waals surface area contributed by atoms with Gasteiger partial charge in [-0.1, -0.05) is 30.3 Å². The second-order valence-corrected chi connectivity index (χ2v) is 5.66. The second kappa shape index (κ2) is 4.65. The maximum absolute atomic E-state index is 4.09. The van der Waals surface area contributed by atoms with Crippen LogP contribution in [0.15, 0.2) is 54.0 Å². The predicted molar refractivity (Wildman–Crippen MR) is 85.2 cm³/mol. The van der Waals surface area contributed by atoms with Gasteiger partial charge in [0, 0.05) is 16.6 Å². The standard InChI is InChI=1S/C16H13N3S/c1-2-7-15-13(5-1)12(10-20-15)8-17-14-6-3-4-11-9-18-19-16(11)14/h1-7,9-10,17H,8H2,(H,18,19). The molecule has 98 valence electrons. The van der Waals surface area contributed by atoms with E-state index >= 15 is 0 Å². The zero-order valence-electron chi connectivity index (χ0n) is 10.8. The summed E-state index contributed by atoms with van der Waals surface area (Å²) in [6.45, 7) is 0.822. The lowest BCUT2D eigenvalue weighted by atomic mass is 10.1. The number of thiophene rings is 1. The number of aromatic nitrogens is 2. The van der Waals surface area contributed by atoms with E-state index in [2.05, 4.69) is 57.3 Å². The Balaban J connectivity index is 1.66. The number of H-pyrrole nitrogens is 1. The highest BCUT2D eigenvalue weighted by molar-refractivity contribution is 7.17. The Labute approximate surface area is 120 Å². The summed E-state index contributed by atoms with van der Waals surface area (Å²) in [6, 6.07) is 14.7. The normalized spacial score (nSPS) is 11.2. The smallest absolute Gasteiger partial charge is 0.0881 e. The van der Waals surface area contributed by atoms with Crippen molar-refractivity contribution in [2.75, 3.05) is 5.32 Å². The highest BCUT2D eigenvalue weighted by Crippen LogP contribution is 2.27. The number of anilines is 1. The lowest BCUT2D eigenvalue weighted by molar-refractivity contribution is 1.11. The SMILES string of the molecule is c1cc(NCc2csc3ccccc23)c2[nH]ncc2c1. The summed E-state index contributed by atoms with van der Waals surface area (Å²) < 4.78 is 1.34. The van der Waals surface area contributed by atoms with E-state index < -0.39 is 0 Å². The van der Waals surface area contributed by atoms with Gasteiger partial charge in [-0.25, -0.2) is 0 Å². The first-order valence-corrected chi connectivity index (χ1v) is 7.41. The van der Waals surface area contributed by atoms with Crippen LogP contribution >= 0.6 is 11.3 Å². The fourth-order valence-corrected chi connectivity index (χ4v) is 3.44. The summed E-state index contributed by atoms with van der Waals surface area (Å²) in [5, 5.41) is 15.3. The molecule has 0 spiro atoms. The number of fused-ring (bicyclic) bond motifs is 2. The van der Waals surface area contributed by atoms with Gasteiger partial charge in [0.15, 0.2) is 0 Å². The van der Waals surface area contributed by atoms with Gasteiger partial charge in [-0.05, 0) is 28.5 Å². The van der Waals surface area contributed by atoms with Gasteiger partial charge < -0.3 is 5.32 Å². The van der Waals surface area contributed by atoms with Crippen LogP contribution in [0, 0.1) is 0 Å². The van der Waals surface area contributed by atoms with E-state index in [0.29, 0.717) is 0 Å². The summed E-state index contributed by atoms with van der Waals surface area (Å²) >= 11 is 1.79. The molecule has 0 aliphatic carbocycles. The van der Waals surface area contributed by atoms with Crippen LogP contribution in [0.2, 0.25) is 0 Å². The van der Waals surface area contributed by atoms with Gasteiger partial charge >= 0.3 is 0 Å². The lowest BCUT2D eigenvalue weighted by Gasteiger charge is -2.06. The molecule has 4 rings (SSSR count). The van der Waals surface area contributed by atoms with Crippen molar-refractivity contribution < 1.29 is 0 Å². The Morgan fingerprint density at radius 3 is 3.05 bits per heavy atom. The van der Waals surface area contributed by atoms with Crippen molar-refractivity contribution in [3.05, 3.63) is 59.6 Å². The molecule has 0 atom stereocenters. The third-order valence-electron chi connectivity index (χ3n) is 3.51. The molecule has 2 aromatic carbocycles. The van der Waals surface area contributed by atoms with Crippen molar-refractivity contribution >= 4 is 38.0 Å². The minimum absolute atomic E-state index is 0.822. The molecule has 0 saturated heterocycles. The molecule has 0 radical (unpaired) electrons. The summed E-state index contributed by atoms with van der Waals surface area (Å²) in [5.41, 5.74) is 3.49. The highest BCUT2D eigenvalue weighted by Gasteiger charge is 2.05. The van der Waals surface area contributed by atoms with Crippen LogP contribution in [0.3, 0.4) is 0 Å². The molecule has 20 heavy (non-hydrogen) atoms. The molecule has 4 heteroatoms. The van der Waals surface area contributed by atoms with Crippen molar-refractivity contribution in [1.29, 1.82) is 0 Å².